The van der Waals surface area contributed by atoms with Crippen molar-refractivity contribution in [1.82, 2.24) is 4.90 Å². The maximum Gasteiger partial charge on any atom is 0.326 e. The van der Waals surface area contributed by atoms with Gasteiger partial charge in [0.1, 0.15) is 6.54 Å². The van der Waals surface area contributed by atoms with Crippen molar-refractivity contribution in [3.05, 3.63) is 12.2 Å². The topological polar surface area (TPSA) is 72.9 Å². The molecule has 1 saturated heterocycles. The van der Waals surface area contributed by atoms with Gasteiger partial charge in [-0.3, -0.25) is 19.3 Å². The first-order chi connectivity index (χ1) is 14.0. The van der Waals surface area contributed by atoms with Crippen molar-refractivity contribution in [1.29, 1.82) is 0 Å². The van der Waals surface area contributed by atoms with Gasteiger partial charge in [0.25, 0.3) is 0 Å². The summed E-state index contributed by atoms with van der Waals surface area (Å²) in [5, 5.41) is 0. The zero-order chi connectivity index (χ0) is 22.1. The predicted octanol–water partition coefficient (Wildman–Crippen LogP) is 3.95. The molecular formula is C22H37NO5Si2. The van der Waals surface area contributed by atoms with Gasteiger partial charge in [0.2, 0.25) is 11.8 Å². The van der Waals surface area contributed by atoms with Crippen LogP contribution in [0.15, 0.2) is 12.2 Å². The zero-order valence-corrected chi connectivity index (χ0v) is 21.1. The third-order valence-electron chi connectivity index (χ3n) is 6.72. The minimum atomic E-state index is -1.80. The number of allylic oxidation sites excluding steroid dienone is 2. The summed E-state index contributed by atoms with van der Waals surface area (Å²) < 4.78 is 11.9. The number of hydrogen-bond donors (Lipinski definition) is 0. The molecule has 0 N–H and O–H groups in total. The molecular weight excluding hydrogens is 414 g/mol. The van der Waals surface area contributed by atoms with E-state index in [0.29, 0.717) is 6.61 Å². The Morgan fingerprint density at radius 3 is 2.07 bits per heavy atom. The first kappa shape index (κ1) is 23.4. The lowest BCUT2D eigenvalue weighted by atomic mass is 9.85. The first-order valence-corrected chi connectivity index (χ1v) is 17.7. The first-order valence-electron chi connectivity index (χ1n) is 11.4. The highest BCUT2D eigenvalue weighted by molar-refractivity contribution is 6.84. The molecule has 30 heavy (non-hydrogen) atoms. The van der Waals surface area contributed by atoms with E-state index in [9.17, 15) is 14.4 Å². The van der Waals surface area contributed by atoms with Crippen LogP contribution in [0.3, 0.4) is 0 Å². The molecule has 0 unspecified atom stereocenters. The number of esters is 1. The van der Waals surface area contributed by atoms with Crippen molar-refractivity contribution in [3.63, 3.8) is 0 Å². The summed E-state index contributed by atoms with van der Waals surface area (Å²) in [7, 11) is -3.43. The molecule has 8 heteroatoms. The van der Waals surface area contributed by atoms with Crippen LogP contribution in [0.25, 0.3) is 0 Å². The molecule has 2 aliphatic carbocycles. The number of ether oxygens (including phenoxy) is 1. The Labute approximate surface area is 182 Å². The lowest BCUT2D eigenvalue weighted by Crippen LogP contribution is -2.44. The Bertz CT molecular complexity index is 690. The summed E-state index contributed by atoms with van der Waals surface area (Å²) >= 11 is 0. The number of amides is 2. The summed E-state index contributed by atoms with van der Waals surface area (Å²) in [5.41, 5.74) is 0. The Morgan fingerprint density at radius 1 is 1.00 bits per heavy atom. The van der Waals surface area contributed by atoms with Crippen LogP contribution in [-0.2, 0) is 23.2 Å². The van der Waals surface area contributed by atoms with Gasteiger partial charge in [0.15, 0.2) is 16.6 Å². The summed E-state index contributed by atoms with van der Waals surface area (Å²) in [6, 6.07) is 2.12. The van der Waals surface area contributed by atoms with Crippen molar-refractivity contribution in [2.45, 2.75) is 70.9 Å². The van der Waals surface area contributed by atoms with Crippen LogP contribution in [0.5, 0.6) is 0 Å². The van der Waals surface area contributed by atoms with Gasteiger partial charge in [-0.15, -0.1) is 0 Å². The van der Waals surface area contributed by atoms with Gasteiger partial charge < -0.3 is 8.85 Å². The van der Waals surface area contributed by atoms with Crippen molar-refractivity contribution in [2.75, 3.05) is 13.2 Å². The Hall–Kier alpha value is -1.26. The predicted molar refractivity (Wildman–Crippen MR) is 121 cm³/mol. The van der Waals surface area contributed by atoms with Gasteiger partial charge in [-0.2, -0.15) is 0 Å². The summed E-state index contributed by atoms with van der Waals surface area (Å²) in [6.07, 6.45) is 8.17. The second-order valence-corrected chi connectivity index (χ2v) is 19.2. The van der Waals surface area contributed by atoms with E-state index in [4.69, 9.17) is 8.85 Å². The Morgan fingerprint density at radius 2 is 1.53 bits per heavy atom. The van der Waals surface area contributed by atoms with E-state index in [2.05, 4.69) is 45.3 Å². The monoisotopic (exact) mass is 451 g/mol. The van der Waals surface area contributed by atoms with E-state index in [1.165, 1.54) is 18.9 Å². The number of carbonyl (C=O) groups is 3. The normalized spacial score (nSPS) is 27.8. The molecule has 0 aromatic carbocycles. The highest BCUT2D eigenvalue weighted by atomic mass is 28.4. The van der Waals surface area contributed by atoms with E-state index >= 15 is 0 Å². The highest BCUT2D eigenvalue weighted by Crippen LogP contribution is 2.52. The molecule has 1 saturated carbocycles. The summed E-state index contributed by atoms with van der Waals surface area (Å²) in [5.74, 6) is -1.08. The fourth-order valence-electron chi connectivity index (χ4n) is 5.43. The van der Waals surface area contributed by atoms with Crippen LogP contribution in [0.4, 0.5) is 0 Å². The highest BCUT2D eigenvalue weighted by Gasteiger charge is 2.59. The molecule has 0 spiro atoms. The van der Waals surface area contributed by atoms with E-state index in [0.717, 1.165) is 23.8 Å². The molecule has 4 atom stereocenters. The fourth-order valence-corrected chi connectivity index (χ4v) is 14.4. The molecule has 6 nitrogen and oxygen atoms in total. The average molecular weight is 452 g/mol. The van der Waals surface area contributed by atoms with E-state index in [1.807, 2.05) is 0 Å². The standard InChI is InChI=1S/C22H37NO5Si2/c1-6-7-12-29(2,3)28-30(4,5)13-8-11-27-18(24)15-23-21(25)19-16-9-10-17(14-16)20(19)22(23)26/h9-10,16-17,19-20H,6-8,11-15H2,1-5H3/t16-,17+,19+,20-. The number of hydrogen-bond acceptors (Lipinski definition) is 5. The Kier molecular flexibility index (Phi) is 7.09. The van der Waals surface area contributed by atoms with Crippen LogP contribution in [0, 0.1) is 23.7 Å². The van der Waals surface area contributed by atoms with Crippen LogP contribution in [-0.4, -0.2) is 52.5 Å². The summed E-state index contributed by atoms with van der Waals surface area (Å²) in [4.78, 5) is 38.7. The molecule has 1 aliphatic heterocycles. The van der Waals surface area contributed by atoms with Gasteiger partial charge >= 0.3 is 5.97 Å². The van der Waals surface area contributed by atoms with Crippen LogP contribution >= 0.6 is 0 Å². The second kappa shape index (κ2) is 9.08. The quantitative estimate of drug-likeness (QED) is 0.156. The number of likely N-dealkylation sites (tertiary alicyclic amines) is 1. The molecule has 1 heterocycles. The lowest BCUT2D eigenvalue weighted by molar-refractivity contribution is -0.153. The molecule has 0 aromatic heterocycles. The number of rotatable bonds is 11. The Balaban J connectivity index is 1.39. The minimum absolute atomic E-state index is 0.162. The third-order valence-corrected chi connectivity index (χ3v) is 14.3. The number of nitrogens with zero attached hydrogens (tertiary/aromatic N) is 1. The minimum Gasteiger partial charge on any atom is -0.464 e. The maximum atomic E-state index is 12.6. The fraction of sp³-hybridized carbons (Fsp3) is 0.773. The zero-order valence-electron chi connectivity index (χ0n) is 19.1. The average Bonchev–Trinajstić information content (AvgIpc) is 3.33. The molecule has 0 aromatic rings. The van der Waals surface area contributed by atoms with Crippen molar-refractivity contribution < 1.29 is 23.2 Å². The van der Waals surface area contributed by atoms with Gasteiger partial charge in [0.05, 0.1) is 18.4 Å². The molecule has 3 aliphatic rings. The van der Waals surface area contributed by atoms with Crippen molar-refractivity contribution in [2.24, 2.45) is 23.7 Å². The van der Waals surface area contributed by atoms with E-state index in [1.54, 1.807) is 0 Å². The number of fused-ring (bicyclic) bond motifs is 5. The molecule has 0 radical (unpaired) electrons. The second-order valence-electron chi connectivity index (χ2n) is 10.3. The van der Waals surface area contributed by atoms with Gasteiger partial charge in [0, 0.05) is 0 Å². The molecule has 2 fully saturated rings. The lowest BCUT2D eigenvalue weighted by Gasteiger charge is -2.34. The molecule has 2 bridgehead atoms. The maximum absolute atomic E-state index is 12.6. The number of imide groups is 1. The van der Waals surface area contributed by atoms with Crippen molar-refractivity contribution >= 4 is 34.4 Å². The van der Waals surface area contributed by atoms with Gasteiger partial charge in [-0.25, -0.2) is 0 Å². The smallest absolute Gasteiger partial charge is 0.326 e. The summed E-state index contributed by atoms with van der Waals surface area (Å²) in [6.45, 7) is 11.3. The van der Waals surface area contributed by atoms with Crippen LogP contribution in [0.1, 0.15) is 32.6 Å². The van der Waals surface area contributed by atoms with Gasteiger partial charge in [-0.1, -0.05) is 31.9 Å². The largest absolute Gasteiger partial charge is 0.464 e. The SMILES string of the molecule is CCCC[Si](C)(C)O[Si](C)(C)CCCOC(=O)CN1C(=O)[C@@H]2[C@H](C1=O)[C@H]1C=C[C@@H]2C1. The molecule has 3 rings (SSSR count). The molecule has 168 valence electrons. The van der Waals surface area contributed by atoms with Crippen LogP contribution < -0.4 is 0 Å². The van der Waals surface area contributed by atoms with Crippen LogP contribution in [0.2, 0.25) is 38.3 Å². The number of carbonyl (C=O) groups excluding carboxylic acids is 3. The van der Waals surface area contributed by atoms with Crippen molar-refractivity contribution in [3.8, 4) is 0 Å². The van der Waals surface area contributed by atoms with E-state index in [-0.39, 0.29) is 42.0 Å². The molecule has 2 amide bonds. The third kappa shape index (κ3) is 5.14. The van der Waals surface area contributed by atoms with E-state index < -0.39 is 22.6 Å². The number of unbranched alkanes of at least 4 members (excludes halogenated alkanes) is 1. The van der Waals surface area contributed by atoms with Gasteiger partial charge in [-0.05, 0) is 63.0 Å².